The zero-order chi connectivity index (χ0) is 17.9. The largest absolute Gasteiger partial charge is 0.467 e. The van der Waals surface area contributed by atoms with Crippen LogP contribution in [0.1, 0.15) is 30.7 Å². The minimum atomic E-state index is -3.06. The number of hydrogen-bond donors (Lipinski definition) is 2. The maximum Gasteiger partial charge on any atom is 0.234 e. The summed E-state index contributed by atoms with van der Waals surface area (Å²) in [5.74, 6) is 0.600. The quantitative estimate of drug-likeness (QED) is 0.816. The van der Waals surface area contributed by atoms with Crippen LogP contribution >= 0.6 is 0 Å². The van der Waals surface area contributed by atoms with E-state index in [-0.39, 0.29) is 30.0 Å². The van der Waals surface area contributed by atoms with E-state index in [1.54, 1.807) is 19.3 Å². The number of furan rings is 1. The van der Waals surface area contributed by atoms with Crippen molar-refractivity contribution in [2.45, 2.75) is 24.9 Å². The molecule has 1 amide bonds. The highest BCUT2D eigenvalue weighted by Gasteiger charge is 2.39. The Morgan fingerprint density at radius 2 is 2.00 bits per heavy atom. The van der Waals surface area contributed by atoms with E-state index in [2.05, 4.69) is 10.6 Å². The number of nitrogens with one attached hydrogen (secondary N) is 2. The average molecular weight is 362 g/mol. The Labute approximate surface area is 147 Å². The fourth-order valence-corrected chi connectivity index (χ4v) is 5.26. The molecule has 2 N–H and O–H groups in total. The zero-order valence-corrected chi connectivity index (χ0v) is 14.9. The Morgan fingerprint density at radius 1 is 1.24 bits per heavy atom. The van der Waals surface area contributed by atoms with Gasteiger partial charge >= 0.3 is 0 Å². The van der Waals surface area contributed by atoms with E-state index < -0.39 is 15.4 Å². The Morgan fingerprint density at radius 3 is 2.60 bits per heavy atom. The van der Waals surface area contributed by atoms with Crippen LogP contribution in [0.25, 0.3) is 0 Å². The molecule has 0 bridgehead atoms. The van der Waals surface area contributed by atoms with Crippen LogP contribution in [0.5, 0.6) is 0 Å². The van der Waals surface area contributed by atoms with Crippen molar-refractivity contribution in [2.75, 3.05) is 18.1 Å². The molecule has 1 saturated heterocycles. The molecule has 0 saturated carbocycles. The van der Waals surface area contributed by atoms with Gasteiger partial charge in [0.25, 0.3) is 0 Å². The van der Waals surface area contributed by atoms with Gasteiger partial charge in [-0.2, -0.15) is 0 Å². The molecule has 7 heteroatoms. The van der Waals surface area contributed by atoms with Crippen molar-refractivity contribution in [3.8, 4) is 0 Å². The number of sulfone groups is 1. The molecule has 2 aromatic rings. The van der Waals surface area contributed by atoms with Crippen molar-refractivity contribution in [3.63, 3.8) is 0 Å². The van der Waals surface area contributed by atoms with E-state index in [4.69, 9.17) is 4.42 Å². The van der Waals surface area contributed by atoms with Crippen LogP contribution in [-0.2, 0) is 14.6 Å². The van der Waals surface area contributed by atoms with Gasteiger partial charge in [0.05, 0.1) is 35.9 Å². The number of benzene rings is 1. The van der Waals surface area contributed by atoms with Gasteiger partial charge in [-0.15, -0.1) is 0 Å². The molecule has 3 rings (SSSR count). The predicted molar refractivity (Wildman–Crippen MR) is 94.8 cm³/mol. The molecule has 1 aliphatic heterocycles. The van der Waals surface area contributed by atoms with Gasteiger partial charge in [0.15, 0.2) is 9.84 Å². The molecule has 0 radical (unpaired) electrons. The number of amides is 1. The normalized spacial score (nSPS) is 23.2. The first-order valence-corrected chi connectivity index (χ1v) is 10.0. The number of carbonyl (C=O) groups is 1. The fraction of sp³-hybridized carbons (Fsp3) is 0.389. The Balaban J connectivity index is 1.65. The standard InChI is InChI=1S/C18H22N2O4S/c1-18(9-11-25(22,23)13-18)20-16(21)12-19-17(15-8-5-10-24-15)14-6-3-2-4-7-14/h2-8,10,17,19H,9,11-13H2,1H3,(H,20,21)/t17-,18+/m1/s1. The second kappa shape index (κ2) is 7.01. The molecule has 1 aromatic heterocycles. The molecule has 25 heavy (non-hydrogen) atoms. The van der Waals surface area contributed by atoms with Crippen molar-refractivity contribution in [1.29, 1.82) is 0 Å². The minimum Gasteiger partial charge on any atom is -0.467 e. The maximum absolute atomic E-state index is 12.3. The monoisotopic (exact) mass is 362 g/mol. The number of carbonyl (C=O) groups excluding carboxylic acids is 1. The predicted octanol–water partition coefficient (Wildman–Crippen LogP) is 1.65. The highest BCUT2D eigenvalue weighted by atomic mass is 32.2. The molecule has 1 aliphatic rings. The number of rotatable bonds is 6. The van der Waals surface area contributed by atoms with Gasteiger partial charge in [0.1, 0.15) is 5.76 Å². The second-order valence-electron chi connectivity index (χ2n) is 6.69. The first-order chi connectivity index (χ1) is 11.9. The van der Waals surface area contributed by atoms with Crippen LogP contribution in [0.4, 0.5) is 0 Å². The summed E-state index contributed by atoms with van der Waals surface area (Å²) in [6, 6.07) is 13.1. The first-order valence-electron chi connectivity index (χ1n) is 8.20. The molecule has 1 fully saturated rings. The van der Waals surface area contributed by atoms with Crippen LogP contribution in [0.2, 0.25) is 0 Å². The summed E-state index contributed by atoms with van der Waals surface area (Å²) in [5.41, 5.74) is 0.296. The lowest BCUT2D eigenvalue weighted by molar-refractivity contribution is -0.121. The molecular weight excluding hydrogens is 340 g/mol. The van der Waals surface area contributed by atoms with Gasteiger partial charge in [0.2, 0.25) is 5.91 Å². The van der Waals surface area contributed by atoms with Gasteiger partial charge in [-0.3, -0.25) is 10.1 Å². The van der Waals surface area contributed by atoms with Crippen LogP contribution in [0, 0.1) is 0 Å². The zero-order valence-electron chi connectivity index (χ0n) is 14.1. The fourth-order valence-electron chi connectivity index (χ4n) is 3.17. The first kappa shape index (κ1) is 17.7. The van der Waals surface area contributed by atoms with Gasteiger partial charge in [-0.25, -0.2) is 8.42 Å². The Kier molecular flexibility index (Phi) is 4.96. The molecule has 2 atom stereocenters. The summed E-state index contributed by atoms with van der Waals surface area (Å²) in [6.07, 6.45) is 2.04. The van der Waals surface area contributed by atoms with E-state index in [1.165, 1.54) is 0 Å². The Hall–Kier alpha value is -2.12. The van der Waals surface area contributed by atoms with Gasteiger partial charge in [0, 0.05) is 0 Å². The highest BCUT2D eigenvalue weighted by molar-refractivity contribution is 7.91. The van der Waals surface area contributed by atoms with Crippen LogP contribution in [-0.4, -0.2) is 37.9 Å². The lowest BCUT2D eigenvalue weighted by atomic mass is 10.0. The molecule has 134 valence electrons. The van der Waals surface area contributed by atoms with E-state index in [9.17, 15) is 13.2 Å². The Bertz CT molecular complexity index is 818. The van der Waals surface area contributed by atoms with Crippen LogP contribution < -0.4 is 10.6 Å². The average Bonchev–Trinajstić information content (AvgIpc) is 3.17. The third-order valence-electron chi connectivity index (χ3n) is 4.37. The summed E-state index contributed by atoms with van der Waals surface area (Å²) >= 11 is 0. The topological polar surface area (TPSA) is 88.4 Å². The number of hydrogen-bond acceptors (Lipinski definition) is 5. The summed E-state index contributed by atoms with van der Waals surface area (Å²) < 4.78 is 28.8. The van der Waals surface area contributed by atoms with E-state index in [0.717, 1.165) is 5.56 Å². The van der Waals surface area contributed by atoms with Gasteiger partial charge in [-0.05, 0) is 31.0 Å². The summed E-state index contributed by atoms with van der Waals surface area (Å²) in [4.78, 5) is 12.3. The second-order valence-corrected chi connectivity index (χ2v) is 8.87. The minimum absolute atomic E-state index is 0.00790. The molecule has 0 spiro atoms. The summed E-state index contributed by atoms with van der Waals surface area (Å²) in [7, 11) is -3.06. The smallest absolute Gasteiger partial charge is 0.234 e. The lowest BCUT2D eigenvalue weighted by Crippen LogP contribution is -2.50. The third-order valence-corrected chi connectivity index (χ3v) is 6.27. The van der Waals surface area contributed by atoms with Gasteiger partial charge in [-0.1, -0.05) is 30.3 Å². The molecule has 6 nitrogen and oxygen atoms in total. The molecular formula is C18H22N2O4S. The van der Waals surface area contributed by atoms with Crippen molar-refractivity contribution < 1.29 is 17.6 Å². The lowest BCUT2D eigenvalue weighted by Gasteiger charge is -2.25. The van der Waals surface area contributed by atoms with Gasteiger partial charge < -0.3 is 9.73 Å². The van der Waals surface area contributed by atoms with Crippen molar-refractivity contribution >= 4 is 15.7 Å². The molecule has 1 aromatic carbocycles. The maximum atomic E-state index is 12.3. The third kappa shape index (κ3) is 4.49. The summed E-state index contributed by atoms with van der Waals surface area (Å²) in [5, 5.41) is 6.05. The summed E-state index contributed by atoms with van der Waals surface area (Å²) in [6.45, 7) is 1.84. The van der Waals surface area contributed by atoms with Crippen molar-refractivity contribution in [2.24, 2.45) is 0 Å². The van der Waals surface area contributed by atoms with Crippen molar-refractivity contribution in [1.82, 2.24) is 10.6 Å². The van der Waals surface area contributed by atoms with E-state index in [1.807, 2.05) is 36.4 Å². The van der Waals surface area contributed by atoms with Crippen LogP contribution in [0.15, 0.2) is 53.1 Å². The molecule has 2 heterocycles. The highest BCUT2D eigenvalue weighted by Crippen LogP contribution is 2.24. The van der Waals surface area contributed by atoms with Crippen LogP contribution in [0.3, 0.4) is 0 Å². The molecule has 0 unspecified atom stereocenters. The van der Waals surface area contributed by atoms with Crippen molar-refractivity contribution in [3.05, 3.63) is 60.1 Å². The SMILES string of the molecule is C[C@]1(NC(=O)CN[C@H](c2ccccc2)c2ccco2)CCS(=O)(=O)C1. The molecule has 0 aliphatic carbocycles. The van der Waals surface area contributed by atoms with E-state index in [0.29, 0.717) is 12.2 Å². The van der Waals surface area contributed by atoms with E-state index >= 15 is 0 Å².